The molecule has 0 atom stereocenters. The zero-order chi connectivity index (χ0) is 17.1. The van der Waals surface area contributed by atoms with Crippen LogP contribution in [0.5, 0.6) is 0 Å². The third-order valence-electron chi connectivity index (χ3n) is 2.98. The molecule has 0 amide bonds. The highest BCUT2D eigenvalue weighted by Gasteiger charge is 2.14. The van der Waals surface area contributed by atoms with Gasteiger partial charge in [0.1, 0.15) is 10.7 Å². The molecule has 2 heterocycles. The highest BCUT2D eigenvalue weighted by Crippen LogP contribution is 2.28. The van der Waals surface area contributed by atoms with Gasteiger partial charge in [-0.05, 0) is 29.7 Å². The maximum Gasteiger partial charge on any atom is 0.433 e. The molecule has 1 aromatic carbocycles. The van der Waals surface area contributed by atoms with Crippen LogP contribution in [0.3, 0.4) is 0 Å². The first-order chi connectivity index (χ1) is 11.6. The summed E-state index contributed by atoms with van der Waals surface area (Å²) in [5.74, 6) is 6.46. The first kappa shape index (κ1) is 16.1. The van der Waals surface area contributed by atoms with Crippen LogP contribution in [0.25, 0.3) is 17.5 Å². The number of benzene rings is 1. The second-order valence-electron chi connectivity index (χ2n) is 4.51. The minimum atomic E-state index is -0.600. The van der Waals surface area contributed by atoms with Gasteiger partial charge in [0, 0.05) is 5.56 Å². The SMILES string of the molecule is Nn1c(S/C=C/c2ccc([N+](=O)[O-])o2)nnc1-c1ccccc1Cl. The largest absolute Gasteiger partial charge is 0.433 e. The second-order valence-corrected chi connectivity index (χ2v) is 5.79. The Morgan fingerprint density at radius 1 is 1.29 bits per heavy atom. The van der Waals surface area contributed by atoms with Gasteiger partial charge >= 0.3 is 5.88 Å². The monoisotopic (exact) mass is 363 g/mol. The van der Waals surface area contributed by atoms with E-state index in [0.29, 0.717) is 27.3 Å². The average molecular weight is 364 g/mol. The van der Waals surface area contributed by atoms with Crippen LogP contribution in [0.2, 0.25) is 5.02 Å². The molecule has 0 aliphatic rings. The van der Waals surface area contributed by atoms with Crippen molar-refractivity contribution in [3.8, 4) is 11.4 Å². The summed E-state index contributed by atoms with van der Waals surface area (Å²) in [5.41, 5.74) is 0.673. The van der Waals surface area contributed by atoms with Crippen molar-refractivity contribution in [2.75, 3.05) is 5.84 Å². The number of hydrogen-bond donors (Lipinski definition) is 1. The summed E-state index contributed by atoms with van der Waals surface area (Å²) in [6.07, 6.45) is 1.57. The van der Waals surface area contributed by atoms with Crippen LogP contribution >= 0.6 is 23.4 Å². The molecular weight excluding hydrogens is 354 g/mol. The average Bonchev–Trinajstić information content (AvgIpc) is 3.16. The van der Waals surface area contributed by atoms with E-state index in [1.165, 1.54) is 28.6 Å². The minimum Gasteiger partial charge on any atom is -0.401 e. The Morgan fingerprint density at radius 3 is 2.79 bits per heavy atom. The van der Waals surface area contributed by atoms with Gasteiger partial charge in [0.05, 0.1) is 11.1 Å². The van der Waals surface area contributed by atoms with Crippen LogP contribution in [0, 0.1) is 10.1 Å². The molecule has 3 aromatic rings. The first-order valence-corrected chi connectivity index (χ1v) is 7.85. The summed E-state index contributed by atoms with van der Waals surface area (Å²) in [6, 6.07) is 9.95. The molecule has 8 nitrogen and oxygen atoms in total. The van der Waals surface area contributed by atoms with Crippen LogP contribution in [0.1, 0.15) is 5.76 Å². The van der Waals surface area contributed by atoms with Crippen molar-refractivity contribution in [1.29, 1.82) is 0 Å². The van der Waals surface area contributed by atoms with Crippen molar-refractivity contribution in [3.05, 3.63) is 62.7 Å². The summed E-state index contributed by atoms with van der Waals surface area (Å²) in [5, 5.41) is 21.2. The summed E-state index contributed by atoms with van der Waals surface area (Å²) in [7, 11) is 0. The summed E-state index contributed by atoms with van der Waals surface area (Å²) < 4.78 is 6.33. The molecule has 0 spiro atoms. The van der Waals surface area contributed by atoms with Crippen molar-refractivity contribution >= 4 is 35.3 Å². The Bertz CT molecular complexity index is 921. The zero-order valence-corrected chi connectivity index (χ0v) is 13.6. The highest BCUT2D eigenvalue weighted by molar-refractivity contribution is 8.02. The van der Waals surface area contributed by atoms with Crippen LogP contribution < -0.4 is 5.84 Å². The Hall–Kier alpha value is -2.78. The van der Waals surface area contributed by atoms with Crippen LogP contribution in [0.15, 0.2) is 51.4 Å². The molecule has 3 rings (SSSR count). The van der Waals surface area contributed by atoms with Crippen LogP contribution in [0.4, 0.5) is 5.88 Å². The van der Waals surface area contributed by atoms with Gasteiger partial charge in [-0.15, -0.1) is 10.2 Å². The van der Waals surface area contributed by atoms with Gasteiger partial charge in [-0.1, -0.05) is 35.5 Å². The number of hydrogen-bond acceptors (Lipinski definition) is 7. The first-order valence-electron chi connectivity index (χ1n) is 6.59. The Labute approximate surface area is 145 Å². The molecule has 0 saturated heterocycles. The second kappa shape index (κ2) is 6.77. The number of nitrogens with two attached hydrogens (primary N) is 1. The van der Waals surface area contributed by atoms with Gasteiger partial charge in [-0.3, -0.25) is 10.1 Å². The molecule has 0 bridgehead atoms. The Kier molecular flexibility index (Phi) is 4.54. The Morgan fingerprint density at radius 2 is 2.08 bits per heavy atom. The zero-order valence-electron chi connectivity index (χ0n) is 12.0. The van der Waals surface area contributed by atoms with Gasteiger partial charge in [0.2, 0.25) is 5.16 Å². The number of aromatic nitrogens is 3. The molecule has 0 radical (unpaired) electrons. The van der Waals surface area contributed by atoms with Gasteiger partial charge in [0.25, 0.3) is 0 Å². The maximum atomic E-state index is 10.6. The quantitative estimate of drug-likeness (QED) is 0.319. The van der Waals surface area contributed by atoms with E-state index in [1.54, 1.807) is 23.6 Å². The number of nitrogen functional groups attached to an aromatic ring is 1. The van der Waals surface area contributed by atoms with Gasteiger partial charge < -0.3 is 10.3 Å². The lowest BCUT2D eigenvalue weighted by Gasteiger charge is -2.03. The third-order valence-corrected chi connectivity index (χ3v) is 4.07. The van der Waals surface area contributed by atoms with Crippen molar-refractivity contribution in [3.63, 3.8) is 0 Å². The fourth-order valence-electron chi connectivity index (χ4n) is 1.88. The van der Waals surface area contributed by atoms with Crippen molar-refractivity contribution in [2.45, 2.75) is 5.16 Å². The lowest BCUT2D eigenvalue weighted by molar-refractivity contribution is -0.402. The number of nitro groups is 1. The fourth-order valence-corrected chi connectivity index (χ4v) is 2.71. The van der Waals surface area contributed by atoms with Crippen molar-refractivity contribution < 1.29 is 9.34 Å². The number of nitrogens with zero attached hydrogens (tertiary/aromatic N) is 4. The summed E-state index contributed by atoms with van der Waals surface area (Å²) >= 11 is 7.32. The van der Waals surface area contributed by atoms with Crippen LogP contribution in [-0.4, -0.2) is 19.8 Å². The topological polar surface area (TPSA) is 113 Å². The number of halogens is 1. The van der Waals surface area contributed by atoms with E-state index in [2.05, 4.69) is 10.2 Å². The molecule has 0 unspecified atom stereocenters. The normalized spacial score (nSPS) is 11.2. The van der Waals surface area contributed by atoms with E-state index in [4.69, 9.17) is 21.9 Å². The molecule has 122 valence electrons. The molecular formula is C14H10ClN5O3S. The predicted molar refractivity (Wildman–Crippen MR) is 90.9 cm³/mol. The molecule has 0 aliphatic heterocycles. The standard InChI is InChI=1S/C14H10ClN5O3S/c15-11-4-2-1-3-10(11)13-17-18-14(19(13)16)24-8-7-9-5-6-12(23-9)20(21)22/h1-8H,16H2/b8-7+. The van der Waals surface area contributed by atoms with E-state index in [0.717, 1.165) is 0 Å². The van der Waals surface area contributed by atoms with Gasteiger partial charge in [-0.25, -0.2) is 4.68 Å². The van der Waals surface area contributed by atoms with Crippen molar-refractivity contribution in [1.82, 2.24) is 14.9 Å². The minimum absolute atomic E-state index is 0.317. The number of furan rings is 1. The van der Waals surface area contributed by atoms with Crippen molar-refractivity contribution in [2.24, 2.45) is 0 Å². The van der Waals surface area contributed by atoms with E-state index in [1.807, 2.05) is 12.1 Å². The summed E-state index contributed by atoms with van der Waals surface area (Å²) in [4.78, 5) is 9.95. The molecule has 0 fully saturated rings. The number of thioether (sulfide) groups is 1. The lowest BCUT2D eigenvalue weighted by Crippen LogP contribution is -2.11. The molecule has 24 heavy (non-hydrogen) atoms. The number of rotatable bonds is 5. The molecule has 10 heteroatoms. The lowest BCUT2D eigenvalue weighted by atomic mass is 10.2. The van der Waals surface area contributed by atoms with E-state index >= 15 is 0 Å². The van der Waals surface area contributed by atoms with E-state index < -0.39 is 4.92 Å². The van der Waals surface area contributed by atoms with Gasteiger partial charge in [0.15, 0.2) is 5.82 Å². The molecule has 2 aromatic heterocycles. The third kappa shape index (κ3) is 3.26. The van der Waals surface area contributed by atoms with E-state index in [-0.39, 0.29) is 5.88 Å². The maximum absolute atomic E-state index is 10.6. The molecule has 2 N–H and O–H groups in total. The van der Waals surface area contributed by atoms with E-state index in [9.17, 15) is 10.1 Å². The Balaban J connectivity index is 1.76. The van der Waals surface area contributed by atoms with Crippen LogP contribution in [-0.2, 0) is 0 Å². The molecule has 0 aliphatic carbocycles. The highest BCUT2D eigenvalue weighted by atomic mass is 35.5. The molecule has 0 saturated carbocycles. The predicted octanol–water partition coefficient (Wildman–Crippen LogP) is 3.58. The smallest absolute Gasteiger partial charge is 0.401 e. The summed E-state index contributed by atoms with van der Waals surface area (Å²) in [6.45, 7) is 0. The van der Waals surface area contributed by atoms with Gasteiger partial charge in [-0.2, -0.15) is 0 Å². The fraction of sp³-hybridized carbons (Fsp3) is 0.